The third kappa shape index (κ3) is 4.39. The van der Waals surface area contributed by atoms with Crippen molar-refractivity contribution in [3.63, 3.8) is 0 Å². The Morgan fingerprint density at radius 3 is 2.46 bits per heavy atom. The number of ether oxygens (including phenoxy) is 1. The summed E-state index contributed by atoms with van der Waals surface area (Å²) in [7, 11) is 1.59. The smallest absolute Gasteiger partial charge is 0.294 e. The van der Waals surface area contributed by atoms with Crippen LogP contribution in [0.15, 0.2) is 29.2 Å². The number of thioether (sulfide) groups is 1. The van der Waals surface area contributed by atoms with Gasteiger partial charge in [-0.2, -0.15) is 0 Å². The van der Waals surface area contributed by atoms with E-state index < -0.39 is 0 Å². The van der Waals surface area contributed by atoms with Gasteiger partial charge in [-0.25, -0.2) is 0 Å². The summed E-state index contributed by atoms with van der Waals surface area (Å²) in [5.41, 5.74) is 0.796. The molecule has 0 spiro atoms. The van der Waals surface area contributed by atoms with E-state index in [0.29, 0.717) is 17.3 Å². The van der Waals surface area contributed by atoms with Gasteiger partial charge in [0.2, 0.25) is 0 Å². The van der Waals surface area contributed by atoms with Crippen molar-refractivity contribution in [1.29, 1.82) is 0 Å². The molecule has 1 heterocycles. The van der Waals surface area contributed by atoms with E-state index in [0.717, 1.165) is 43.3 Å². The topological polar surface area (TPSA) is 49.9 Å². The lowest BCUT2D eigenvalue weighted by Crippen LogP contribution is -2.41. The SMILES string of the molecule is CCCN(CCC)CN1C(=O)S/C(=C\c2ccccc2OC)C1=O. The van der Waals surface area contributed by atoms with Gasteiger partial charge in [-0.1, -0.05) is 32.0 Å². The molecule has 0 atom stereocenters. The fourth-order valence-corrected chi connectivity index (χ4v) is 3.46. The van der Waals surface area contributed by atoms with E-state index in [4.69, 9.17) is 4.74 Å². The molecule has 1 saturated heterocycles. The lowest BCUT2D eigenvalue weighted by molar-refractivity contribution is -0.124. The number of rotatable bonds is 8. The summed E-state index contributed by atoms with van der Waals surface area (Å²) in [5.74, 6) is 0.455. The molecule has 6 heteroatoms. The molecule has 0 bridgehead atoms. The maximum absolute atomic E-state index is 12.6. The summed E-state index contributed by atoms with van der Waals surface area (Å²) < 4.78 is 5.30. The zero-order valence-corrected chi connectivity index (χ0v) is 15.3. The second-order valence-electron chi connectivity index (χ2n) is 5.61. The van der Waals surface area contributed by atoms with Gasteiger partial charge < -0.3 is 4.74 Å². The van der Waals surface area contributed by atoms with Crippen LogP contribution >= 0.6 is 11.8 Å². The Labute approximate surface area is 147 Å². The number of benzene rings is 1. The quantitative estimate of drug-likeness (QED) is 0.669. The highest BCUT2D eigenvalue weighted by molar-refractivity contribution is 8.18. The maximum Gasteiger partial charge on any atom is 0.294 e. The van der Waals surface area contributed by atoms with Crippen molar-refractivity contribution in [2.75, 3.05) is 26.9 Å². The first-order valence-corrected chi connectivity index (χ1v) is 9.03. The molecule has 0 aromatic heterocycles. The summed E-state index contributed by atoms with van der Waals surface area (Å²) in [4.78, 5) is 28.8. The fraction of sp³-hybridized carbons (Fsp3) is 0.444. The van der Waals surface area contributed by atoms with Gasteiger partial charge in [-0.15, -0.1) is 0 Å². The van der Waals surface area contributed by atoms with Crippen molar-refractivity contribution < 1.29 is 14.3 Å². The second kappa shape index (κ2) is 8.89. The monoisotopic (exact) mass is 348 g/mol. The zero-order chi connectivity index (χ0) is 17.5. The summed E-state index contributed by atoms with van der Waals surface area (Å²) in [6.07, 6.45) is 3.72. The minimum Gasteiger partial charge on any atom is -0.496 e. The van der Waals surface area contributed by atoms with Crippen LogP contribution in [0, 0.1) is 0 Å². The number of nitrogens with zero attached hydrogens (tertiary/aromatic N) is 2. The van der Waals surface area contributed by atoms with Gasteiger partial charge in [0.25, 0.3) is 11.1 Å². The van der Waals surface area contributed by atoms with Crippen LogP contribution in [0.1, 0.15) is 32.3 Å². The highest BCUT2D eigenvalue weighted by Crippen LogP contribution is 2.34. The highest BCUT2D eigenvalue weighted by Gasteiger charge is 2.35. The number of imide groups is 1. The molecular weight excluding hydrogens is 324 g/mol. The lowest BCUT2D eigenvalue weighted by atomic mass is 10.2. The van der Waals surface area contributed by atoms with Crippen molar-refractivity contribution in [2.45, 2.75) is 26.7 Å². The average molecular weight is 348 g/mol. The zero-order valence-electron chi connectivity index (χ0n) is 14.4. The number of amides is 2. The summed E-state index contributed by atoms with van der Waals surface area (Å²) in [6, 6.07) is 7.45. The van der Waals surface area contributed by atoms with Crippen molar-refractivity contribution in [1.82, 2.24) is 9.80 Å². The predicted octanol–water partition coefficient (Wildman–Crippen LogP) is 3.81. The lowest BCUT2D eigenvalue weighted by Gasteiger charge is -2.25. The maximum atomic E-state index is 12.6. The van der Waals surface area contributed by atoms with Gasteiger partial charge >= 0.3 is 0 Å². The van der Waals surface area contributed by atoms with Crippen molar-refractivity contribution >= 4 is 29.0 Å². The molecule has 2 rings (SSSR count). The van der Waals surface area contributed by atoms with Crippen LogP contribution in [-0.4, -0.2) is 47.8 Å². The van der Waals surface area contributed by atoms with E-state index in [1.54, 1.807) is 13.2 Å². The van der Waals surface area contributed by atoms with Crippen LogP contribution in [0.4, 0.5) is 4.79 Å². The Hall–Kier alpha value is -1.79. The van der Waals surface area contributed by atoms with Crippen molar-refractivity contribution in [3.05, 3.63) is 34.7 Å². The first kappa shape index (κ1) is 18.5. The molecule has 1 aliphatic heterocycles. The summed E-state index contributed by atoms with van der Waals surface area (Å²) >= 11 is 0.990. The average Bonchev–Trinajstić information content (AvgIpc) is 2.83. The normalized spacial score (nSPS) is 16.5. The van der Waals surface area contributed by atoms with E-state index in [9.17, 15) is 9.59 Å². The Morgan fingerprint density at radius 1 is 1.17 bits per heavy atom. The van der Waals surface area contributed by atoms with Gasteiger partial charge in [0.1, 0.15) is 5.75 Å². The first-order chi connectivity index (χ1) is 11.6. The Morgan fingerprint density at radius 2 is 1.83 bits per heavy atom. The number of carbonyl (C=O) groups is 2. The number of carbonyl (C=O) groups excluding carboxylic acids is 2. The highest BCUT2D eigenvalue weighted by atomic mass is 32.2. The number of methoxy groups -OCH3 is 1. The van der Waals surface area contributed by atoms with Gasteiger partial charge in [0.15, 0.2) is 0 Å². The van der Waals surface area contributed by atoms with Gasteiger partial charge in [0, 0.05) is 5.56 Å². The van der Waals surface area contributed by atoms with E-state index in [1.165, 1.54) is 4.90 Å². The fourth-order valence-electron chi connectivity index (χ4n) is 2.63. The van der Waals surface area contributed by atoms with Crippen LogP contribution in [-0.2, 0) is 4.79 Å². The second-order valence-corrected chi connectivity index (χ2v) is 6.60. The molecular formula is C18H24N2O3S. The number of hydrogen-bond donors (Lipinski definition) is 0. The van der Waals surface area contributed by atoms with Crippen molar-refractivity contribution in [3.8, 4) is 5.75 Å². The molecule has 1 aliphatic rings. The van der Waals surface area contributed by atoms with E-state index in [-0.39, 0.29) is 11.1 Å². The number of hydrogen-bond acceptors (Lipinski definition) is 5. The molecule has 5 nitrogen and oxygen atoms in total. The molecule has 0 unspecified atom stereocenters. The van der Waals surface area contributed by atoms with Crippen LogP contribution < -0.4 is 4.74 Å². The molecule has 1 fully saturated rings. The van der Waals surface area contributed by atoms with Crippen LogP contribution in [0.25, 0.3) is 6.08 Å². The standard InChI is InChI=1S/C18H24N2O3S/c1-4-10-19(11-5-2)13-20-17(21)16(24-18(20)22)12-14-8-6-7-9-15(14)23-3/h6-9,12H,4-5,10-11,13H2,1-3H3/b16-12-. The van der Waals surface area contributed by atoms with Crippen molar-refractivity contribution in [2.24, 2.45) is 0 Å². The van der Waals surface area contributed by atoms with Crippen LogP contribution in [0.2, 0.25) is 0 Å². The minimum absolute atomic E-state index is 0.210. The summed E-state index contributed by atoms with van der Waals surface area (Å²) in [5, 5.41) is -0.210. The predicted molar refractivity (Wildman–Crippen MR) is 97.8 cm³/mol. The van der Waals surface area contributed by atoms with Gasteiger partial charge in [0.05, 0.1) is 18.7 Å². The van der Waals surface area contributed by atoms with E-state index >= 15 is 0 Å². The third-order valence-corrected chi connectivity index (χ3v) is 4.63. The largest absolute Gasteiger partial charge is 0.496 e. The van der Waals surface area contributed by atoms with Gasteiger partial charge in [-0.3, -0.25) is 19.4 Å². The molecule has 0 aliphatic carbocycles. The summed E-state index contributed by atoms with van der Waals surface area (Å²) in [6.45, 7) is 6.30. The third-order valence-electron chi connectivity index (χ3n) is 3.72. The first-order valence-electron chi connectivity index (χ1n) is 8.21. The molecule has 130 valence electrons. The van der Waals surface area contributed by atoms with Crippen LogP contribution in [0.5, 0.6) is 5.75 Å². The molecule has 0 N–H and O–H groups in total. The molecule has 1 aromatic rings. The molecule has 1 aromatic carbocycles. The van der Waals surface area contributed by atoms with E-state index in [2.05, 4.69) is 18.7 Å². The van der Waals surface area contributed by atoms with E-state index in [1.807, 2.05) is 24.3 Å². The minimum atomic E-state index is -0.229. The molecule has 2 amide bonds. The van der Waals surface area contributed by atoms with Crippen LogP contribution in [0.3, 0.4) is 0 Å². The number of para-hydroxylation sites is 1. The van der Waals surface area contributed by atoms with Gasteiger partial charge in [-0.05, 0) is 49.8 Å². The Balaban J connectivity index is 2.17. The molecule has 0 radical (unpaired) electrons. The molecule has 0 saturated carbocycles. The Kier molecular flexibility index (Phi) is 6.87. The molecule has 24 heavy (non-hydrogen) atoms. The Bertz CT molecular complexity index is 624.